The summed E-state index contributed by atoms with van der Waals surface area (Å²) in [6, 6.07) is 12.9. The molecule has 1 aromatic heterocycles. The van der Waals surface area contributed by atoms with Gasteiger partial charge in [-0.1, -0.05) is 30.3 Å². The van der Waals surface area contributed by atoms with Crippen LogP contribution in [-0.4, -0.2) is 36.6 Å². The highest BCUT2D eigenvalue weighted by Crippen LogP contribution is 2.32. The molecule has 0 radical (unpaired) electrons. The van der Waals surface area contributed by atoms with Gasteiger partial charge >= 0.3 is 0 Å². The molecular formula is C17H22N4. The van der Waals surface area contributed by atoms with Gasteiger partial charge < -0.3 is 15.5 Å². The molecule has 1 unspecified atom stereocenters. The lowest BCUT2D eigenvalue weighted by Gasteiger charge is -2.41. The second kappa shape index (κ2) is 5.74. The maximum Gasteiger partial charge on any atom is 0.152 e. The van der Waals surface area contributed by atoms with Crippen molar-refractivity contribution in [1.29, 1.82) is 0 Å². The van der Waals surface area contributed by atoms with Crippen LogP contribution in [0.3, 0.4) is 0 Å². The van der Waals surface area contributed by atoms with Crippen LogP contribution in [0.25, 0.3) is 0 Å². The van der Waals surface area contributed by atoms with Crippen LogP contribution >= 0.6 is 0 Å². The zero-order valence-corrected chi connectivity index (χ0v) is 12.7. The number of benzene rings is 1. The van der Waals surface area contributed by atoms with E-state index in [0.29, 0.717) is 6.04 Å². The number of hydrogen-bond donors (Lipinski definition) is 1. The van der Waals surface area contributed by atoms with E-state index in [-0.39, 0.29) is 0 Å². The first kappa shape index (κ1) is 13.9. The fourth-order valence-corrected chi connectivity index (χ4v) is 2.96. The number of rotatable bonds is 2. The molecule has 1 saturated heterocycles. The predicted octanol–water partition coefficient (Wildman–Crippen LogP) is 2.47. The van der Waals surface area contributed by atoms with Gasteiger partial charge in [-0.15, -0.1) is 0 Å². The summed E-state index contributed by atoms with van der Waals surface area (Å²) in [5.41, 5.74) is 9.38. The standard InChI is InChI=1S/C17H22N4/c1-13-10-15(18)17(19-11-13)21-9-8-20(2)12-16(21)14-6-4-3-5-7-14/h3-7,10-11,16H,8-9,12,18H2,1-2H3. The van der Waals surface area contributed by atoms with Crippen molar-refractivity contribution in [3.8, 4) is 0 Å². The topological polar surface area (TPSA) is 45.4 Å². The highest BCUT2D eigenvalue weighted by molar-refractivity contribution is 5.64. The molecular weight excluding hydrogens is 260 g/mol. The van der Waals surface area contributed by atoms with Crippen molar-refractivity contribution in [3.05, 3.63) is 53.7 Å². The second-order valence-corrected chi connectivity index (χ2v) is 5.81. The van der Waals surface area contributed by atoms with Gasteiger partial charge in [0.15, 0.2) is 5.82 Å². The molecule has 0 spiro atoms. The average Bonchev–Trinajstić information content (AvgIpc) is 2.49. The molecule has 1 aliphatic rings. The SMILES string of the molecule is Cc1cnc(N2CCN(C)CC2c2ccccc2)c(N)c1. The molecule has 0 aliphatic carbocycles. The number of aryl methyl sites for hydroxylation is 1. The summed E-state index contributed by atoms with van der Waals surface area (Å²) in [6.07, 6.45) is 1.89. The van der Waals surface area contributed by atoms with Gasteiger partial charge in [0, 0.05) is 25.8 Å². The van der Waals surface area contributed by atoms with Gasteiger partial charge in [0.1, 0.15) is 0 Å². The minimum atomic E-state index is 0.294. The monoisotopic (exact) mass is 282 g/mol. The summed E-state index contributed by atoms with van der Waals surface area (Å²) in [6.45, 7) is 4.97. The lowest BCUT2D eigenvalue weighted by molar-refractivity contribution is 0.268. The van der Waals surface area contributed by atoms with Crippen LogP contribution < -0.4 is 10.6 Å². The van der Waals surface area contributed by atoms with Crippen molar-refractivity contribution in [2.75, 3.05) is 37.3 Å². The highest BCUT2D eigenvalue weighted by atomic mass is 15.3. The Labute approximate surface area is 126 Å². The number of piperazine rings is 1. The van der Waals surface area contributed by atoms with Crippen LogP contribution in [0, 0.1) is 6.92 Å². The predicted molar refractivity (Wildman–Crippen MR) is 87.4 cm³/mol. The third-order valence-corrected chi connectivity index (χ3v) is 4.07. The number of nitrogen functional groups attached to an aromatic ring is 1. The quantitative estimate of drug-likeness (QED) is 0.919. The summed E-state index contributed by atoms with van der Waals surface area (Å²) in [5, 5.41) is 0. The number of hydrogen-bond acceptors (Lipinski definition) is 4. The molecule has 4 heteroatoms. The van der Waals surface area contributed by atoms with E-state index in [0.717, 1.165) is 36.7 Å². The molecule has 3 rings (SSSR count). The van der Waals surface area contributed by atoms with Gasteiger partial charge in [0.25, 0.3) is 0 Å². The third kappa shape index (κ3) is 2.85. The van der Waals surface area contributed by atoms with E-state index in [9.17, 15) is 0 Å². The van der Waals surface area contributed by atoms with E-state index in [1.54, 1.807) is 0 Å². The normalized spacial score (nSPS) is 19.7. The minimum Gasteiger partial charge on any atom is -0.396 e. The number of anilines is 2. The molecule has 1 atom stereocenters. The number of nitrogens with two attached hydrogens (primary N) is 1. The summed E-state index contributed by atoms with van der Waals surface area (Å²) < 4.78 is 0. The van der Waals surface area contributed by atoms with Gasteiger partial charge in [0.05, 0.1) is 11.7 Å². The molecule has 2 aromatic rings. The Hall–Kier alpha value is -2.07. The number of nitrogens with zero attached hydrogens (tertiary/aromatic N) is 3. The molecule has 1 aromatic carbocycles. The van der Waals surface area contributed by atoms with Crippen LogP contribution in [-0.2, 0) is 0 Å². The zero-order valence-electron chi connectivity index (χ0n) is 12.7. The molecule has 0 saturated carbocycles. The molecule has 0 bridgehead atoms. The van der Waals surface area contributed by atoms with Crippen LogP contribution in [0.15, 0.2) is 42.6 Å². The van der Waals surface area contributed by atoms with Crippen LogP contribution in [0.4, 0.5) is 11.5 Å². The maximum atomic E-state index is 6.21. The largest absolute Gasteiger partial charge is 0.396 e. The van der Waals surface area contributed by atoms with Gasteiger partial charge in [-0.25, -0.2) is 4.98 Å². The Morgan fingerprint density at radius 3 is 2.67 bits per heavy atom. The molecule has 0 amide bonds. The van der Waals surface area contributed by atoms with E-state index in [1.165, 1.54) is 5.56 Å². The molecule has 21 heavy (non-hydrogen) atoms. The van der Waals surface area contributed by atoms with Crippen molar-refractivity contribution < 1.29 is 0 Å². The van der Waals surface area contributed by atoms with E-state index in [2.05, 4.69) is 52.2 Å². The first-order valence-electron chi connectivity index (χ1n) is 7.37. The van der Waals surface area contributed by atoms with Crippen LogP contribution in [0.1, 0.15) is 17.2 Å². The fourth-order valence-electron chi connectivity index (χ4n) is 2.96. The number of likely N-dealkylation sites (N-methyl/N-ethyl adjacent to an activating group) is 1. The number of aromatic nitrogens is 1. The third-order valence-electron chi connectivity index (χ3n) is 4.07. The van der Waals surface area contributed by atoms with Crippen LogP contribution in [0.2, 0.25) is 0 Å². The molecule has 4 nitrogen and oxygen atoms in total. The first-order chi connectivity index (χ1) is 10.1. The maximum absolute atomic E-state index is 6.21. The molecule has 1 aliphatic heterocycles. The minimum absolute atomic E-state index is 0.294. The van der Waals surface area contributed by atoms with E-state index in [4.69, 9.17) is 5.73 Å². The van der Waals surface area contributed by atoms with Crippen LogP contribution in [0.5, 0.6) is 0 Å². The summed E-state index contributed by atoms with van der Waals surface area (Å²) >= 11 is 0. The Kier molecular flexibility index (Phi) is 3.80. The van der Waals surface area contributed by atoms with Gasteiger partial charge in [-0.05, 0) is 31.2 Å². The Morgan fingerprint density at radius 1 is 1.19 bits per heavy atom. The van der Waals surface area contributed by atoms with Crippen molar-refractivity contribution in [1.82, 2.24) is 9.88 Å². The van der Waals surface area contributed by atoms with Crippen molar-refractivity contribution in [3.63, 3.8) is 0 Å². The molecule has 2 heterocycles. The Morgan fingerprint density at radius 2 is 1.95 bits per heavy atom. The Bertz CT molecular complexity index is 611. The summed E-state index contributed by atoms with van der Waals surface area (Å²) in [4.78, 5) is 9.28. The van der Waals surface area contributed by atoms with Crippen molar-refractivity contribution in [2.45, 2.75) is 13.0 Å². The van der Waals surface area contributed by atoms with Crippen molar-refractivity contribution in [2.24, 2.45) is 0 Å². The fraction of sp³-hybridized carbons (Fsp3) is 0.353. The van der Waals surface area contributed by atoms with E-state index in [1.807, 2.05) is 19.2 Å². The second-order valence-electron chi connectivity index (χ2n) is 5.81. The smallest absolute Gasteiger partial charge is 0.152 e. The molecule has 2 N–H and O–H groups in total. The van der Waals surface area contributed by atoms with E-state index >= 15 is 0 Å². The zero-order chi connectivity index (χ0) is 14.8. The van der Waals surface area contributed by atoms with Gasteiger partial charge in [-0.2, -0.15) is 0 Å². The van der Waals surface area contributed by atoms with Gasteiger partial charge in [-0.3, -0.25) is 0 Å². The Balaban J connectivity index is 1.98. The summed E-state index contributed by atoms with van der Waals surface area (Å²) in [7, 11) is 2.17. The first-order valence-corrected chi connectivity index (χ1v) is 7.37. The highest BCUT2D eigenvalue weighted by Gasteiger charge is 2.28. The summed E-state index contributed by atoms with van der Waals surface area (Å²) in [5.74, 6) is 0.905. The number of pyridine rings is 1. The van der Waals surface area contributed by atoms with E-state index < -0.39 is 0 Å². The molecule has 1 fully saturated rings. The molecule has 110 valence electrons. The lowest BCUT2D eigenvalue weighted by atomic mass is 10.0. The van der Waals surface area contributed by atoms with Gasteiger partial charge in [0.2, 0.25) is 0 Å². The van der Waals surface area contributed by atoms with Crippen molar-refractivity contribution >= 4 is 11.5 Å². The average molecular weight is 282 g/mol. The lowest BCUT2D eigenvalue weighted by Crippen LogP contribution is -2.47.